The van der Waals surface area contributed by atoms with Crippen molar-refractivity contribution in [3.63, 3.8) is 0 Å². The number of benzene rings is 1. The van der Waals surface area contributed by atoms with E-state index in [1.54, 1.807) is 0 Å². The molecule has 7 heteroatoms. The summed E-state index contributed by atoms with van der Waals surface area (Å²) in [4.78, 5) is 12.9. The van der Waals surface area contributed by atoms with Crippen LogP contribution in [-0.2, 0) is 9.47 Å². The van der Waals surface area contributed by atoms with Crippen LogP contribution in [0, 0.1) is 52.2 Å². The molecular weight excluding hydrogens is 541 g/mol. The fraction of sp³-hybridized carbons (Fsp3) is 0.800. The van der Waals surface area contributed by atoms with Gasteiger partial charge in [0.25, 0.3) is 5.92 Å². The molecule has 0 aromatic heterocycles. The minimum Gasteiger partial charge on any atom is -0.496 e. The predicted octanol–water partition coefficient (Wildman–Crippen LogP) is 8.86. The van der Waals surface area contributed by atoms with Gasteiger partial charge in [-0.25, -0.2) is 13.2 Å². The highest BCUT2D eigenvalue weighted by Crippen LogP contribution is 2.72. The van der Waals surface area contributed by atoms with Gasteiger partial charge in [-0.3, -0.25) is 4.79 Å². The highest BCUT2D eigenvalue weighted by Gasteiger charge is 2.70. The van der Waals surface area contributed by atoms with E-state index in [0.717, 1.165) is 51.4 Å². The van der Waals surface area contributed by atoms with Crippen LogP contribution in [0.25, 0.3) is 0 Å². The molecule has 4 nitrogen and oxygen atoms in total. The third kappa shape index (κ3) is 4.83. The number of rotatable bonds is 7. The van der Waals surface area contributed by atoms with Crippen molar-refractivity contribution in [2.75, 3.05) is 7.11 Å². The fourth-order valence-electron chi connectivity index (χ4n) is 10.9. The van der Waals surface area contributed by atoms with Crippen molar-refractivity contribution >= 4 is 5.78 Å². The summed E-state index contributed by atoms with van der Waals surface area (Å²) >= 11 is 0. The summed E-state index contributed by atoms with van der Waals surface area (Å²) in [5, 5.41) is 0. The van der Waals surface area contributed by atoms with Crippen molar-refractivity contribution in [1.29, 1.82) is 0 Å². The predicted molar refractivity (Wildman–Crippen MR) is 155 cm³/mol. The number of carbonyl (C=O) groups excluding carboxylic acids is 1. The second-order valence-corrected chi connectivity index (χ2v) is 15.4. The lowest BCUT2D eigenvalue weighted by Crippen LogP contribution is -2.63. The molecule has 0 unspecified atom stereocenters. The topological polar surface area (TPSA) is 44.8 Å². The number of ketones is 1. The maximum absolute atomic E-state index is 16.4. The smallest absolute Gasteiger partial charge is 0.251 e. The Morgan fingerprint density at radius 2 is 1.71 bits per heavy atom. The maximum Gasteiger partial charge on any atom is 0.251 e. The molecule has 1 heterocycles. The van der Waals surface area contributed by atoms with Gasteiger partial charge in [0, 0.05) is 24.8 Å². The van der Waals surface area contributed by atoms with E-state index in [-0.39, 0.29) is 58.7 Å². The van der Waals surface area contributed by atoms with Crippen LogP contribution in [0.3, 0.4) is 0 Å². The first-order valence-corrected chi connectivity index (χ1v) is 16.3. The Morgan fingerprint density at radius 1 is 1.00 bits per heavy atom. The zero-order valence-electron chi connectivity index (χ0n) is 26.2. The molecule has 0 radical (unpaired) electrons. The Hall–Kier alpha value is -1.60. The van der Waals surface area contributed by atoms with Gasteiger partial charge in [0.15, 0.2) is 11.6 Å². The van der Waals surface area contributed by atoms with Crippen molar-refractivity contribution in [2.24, 2.45) is 46.3 Å². The molecule has 0 N–H and O–H groups in total. The van der Waals surface area contributed by atoms with Crippen LogP contribution in [0.2, 0.25) is 0 Å². The maximum atomic E-state index is 16.4. The zero-order valence-corrected chi connectivity index (χ0v) is 26.2. The summed E-state index contributed by atoms with van der Waals surface area (Å²) in [6.45, 7) is 10.7. The van der Waals surface area contributed by atoms with E-state index in [4.69, 9.17) is 14.2 Å². The van der Waals surface area contributed by atoms with Crippen molar-refractivity contribution in [1.82, 2.24) is 0 Å². The molecule has 1 aromatic carbocycles. The van der Waals surface area contributed by atoms with Gasteiger partial charge in [-0.1, -0.05) is 20.8 Å². The van der Waals surface area contributed by atoms with Crippen LogP contribution in [0.15, 0.2) is 18.2 Å². The van der Waals surface area contributed by atoms with Crippen LogP contribution in [0.4, 0.5) is 13.2 Å². The molecular formula is C35H49F3O4. The van der Waals surface area contributed by atoms with E-state index in [9.17, 15) is 9.18 Å². The Kier molecular flexibility index (Phi) is 7.60. The quantitative estimate of drug-likeness (QED) is 0.298. The van der Waals surface area contributed by atoms with Gasteiger partial charge in [0.2, 0.25) is 0 Å². The largest absolute Gasteiger partial charge is 0.496 e. The lowest BCUT2D eigenvalue weighted by atomic mass is 9.43. The fourth-order valence-corrected chi connectivity index (χ4v) is 10.9. The van der Waals surface area contributed by atoms with Gasteiger partial charge in [0.05, 0.1) is 24.9 Å². The molecule has 1 aliphatic heterocycles. The van der Waals surface area contributed by atoms with E-state index in [0.29, 0.717) is 23.8 Å². The van der Waals surface area contributed by atoms with Crippen molar-refractivity contribution in [2.45, 2.75) is 123 Å². The Bertz CT molecular complexity index is 1200. The molecule has 4 saturated carbocycles. The zero-order chi connectivity index (χ0) is 30.2. The highest BCUT2D eigenvalue weighted by atomic mass is 19.3. The van der Waals surface area contributed by atoms with E-state index < -0.39 is 23.4 Å². The monoisotopic (exact) mass is 590 g/mol. The standard InChI is InChI=1S/C35H49F3O4/c1-20(8-7-9-27(39)22-11-10-21(36)18-29(22)40-6)23-12-13-24-30-25(14-16-33(23,24)4)34(5)17-15-28-31(42-32(2,3)41-28)26(34)19-35(30,37)38/h10-11,18,20,23-26,28,30-31H,7-9,12-17,19H2,1-6H3/t20-,23-,24+,25+,26+,28+,30+,31-,33-,34-/m1/s1. The summed E-state index contributed by atoms with van der Waals surface area (Å²) in [6.07, 6.45) is 7.09. The van der Waals surface area contributed by atoms with E-state index in [2.05, 4.69) is 20.8 Å². The molecule has 10 atom stereocenters. The first-order valence-electron chi connectivity index (χ1n) is 16.3. The molecule has 6 rings (SSSR count). The number of halogens is 3. The normalized spacial score (nSPS) is 42.2. The van der Waals surface area contributed by atoms with Gasteiger partial charge >= 0.3 is 0 Å². The van der Waals surface area contributed by atoms with E-state index in [1.807, 2.05) is 13.8 Å². The number of hydrogen-bond acceptors (Lipinski definition) is 4. The van der Waals surface area contributed by atoms with Crippen LogP contribution in [0.1, 0.15) is 109 Å². The number of fused-ring (bicyclic) bond motifs is 7. The van der Waals surface area contributed by atoms with Gasteiger partial charge < -0.3 is 14.2 Å². The van der Waals surface area contributed by atoms with Crippen LogP contribution < -0.4 is 4.74 Å². The number of alkyl halides is 2. The molecule has 0 bridgehead atoms. The number of methoxy groups -OCH3 is 1. The van der Waals surface area contributed by atoms with E-state index in [1.165, 1.54) is 25.3 Å². The van der Waals surface area contributed by atoms with Crippen molar-refractivity contribution in [3.8, 4) is 5.75 Å². The summed E-state index contributed by atoms with van der Waals surface area (Å²) in [5.41, 5.74) is 0.157. The Morgan fingerprint density at radius 3 is 2.45 bits per heavy atom. The van der Waals surface area contributed by atoms with Gasteiger partial charge in [-0.05, 0) is 118 Å². The summed E-state index contributed by atoms with van der Waals surface area (Å²) in [6, 6.07) is 4.03. The molecule has 42 heavy (non-hydrogen) atoms. The number of ether oxygens (including phenoxy) is 3. The second kappa shape index (κ2) is 10.5. The molecule has 5 fully saturated rings. The first-order chi connectivity index (χ1) is 19.7. The van der Waals surface area contributed by atoms with Crippen molar-refractivity contribution in [3.05, 3.63) is 29.6 Å². The second-order valence-electron chi connectivity index (χ2n) is 15.4. The average molecular weight is 591 g/mol. The lowest BCUT2D eigenvalue weighted by Gasteiger charge is -2.63. The first kappa shape index (κ1) is 30.4. The third-order valence-corrected chi connectivity index (χ3v) is 12.8. The lowest BCUT2D eigenvalue weighted by molar-refractivity contribution is -0.252. The van der Waals surface area contributed by atoms with Gasteiger partial charge in [-0.15, -0.1) is 0 Å². The Balaban J connectivity index is 1.14. The average Bonchev–Trinajstić information content (AvgIpc) is 3.44. The molecule has 5 aliphatic rings. The Labute approximate surface area is 249 Å². The molecule has 0 spiro atoms. The van der Waals surface area contributed by atoms with Crippen LogP contribution >= 0.6 is 0 Å². The number of Topliss-reactive ketones (excluding diaryl/α,β-unsaturated/α-hetero) is 1. The highest BCUT2D eigenvalue weighted by molar-refractivity contribution is 5.98. The summed E-state index contributed by atoms with van der Waals surface area (Å²) < 4.78 is 64.2. The molecule has 1 saturated heterocycles. The van der Waals surface area contributed by atoms with E-state index >= 15 is 8.78 Å². The minimum absolute atomic E-state index is 0.00922. The van der Waals surface area contributed by atoms with Gasteiger partial charge in [0.1, 0.15) is 11.6 Å². The molecule has 0 amide bonds. The third-order valence-electron chi connectivity index (χ3n) is 12.8. The van der Waals surface area contributed by atoms with Crippen LogP contribution in [-0.4, -0.2) is 36.8 Å². The number of hydrogen-bond donors (Lipinski definition) is 0. The molecule has 234 valence electrons. The SMILES string of the molecule is COc1cc(F)ccc1C(=O)CCC[C@@H](C)[C@H]1CC[C@H]2[C@H]3[C@H](CC[C@]12C)[C@@]1(C)CC[C@@H]2OC(C)(C)O[C@@H]2[C@@H]1CC3(F)F. The summed E-state index contributed by atoms with van der Waals surface area (Å²) in [5.74, 6) is -3.61. The molecule has 4 aliphatic carbocycles. The summed E-state index contributed by atoms with van der Waals surface area (Å²) in [7, 11) is 1.44. The van der Waals surface area contributed by atoms with Gasteiger partial charge in [-0.2, -0.15) is 0 Å². The van der Waals surface area contributed by atoms with Crippen LogP contribution in [0.5, 0.6) is 5.75 Å². The van der Waals surface area contributed by atoms with Crippen molar-refractivity contribution < 1.29 is 32.2 Å². The minimum atomic E-state index is -2.71. The molecule has 1 aromatic rings. The number of carbonyl (C=O) groups is 1.